The number of piperidine rings is 1. The summed E-state index contributed by atoms with van der Waals surface area (Å²) in [6.07, 6.45) is 15.8. The summed E-state index contributed by atoms with van der Waals surface area (Å²) in [6.45, 7) is 15.8. The van der Waals surface area contributed by atoms with E-state index in [9.17, 15) is 9.00 Å². The molecule has 2 aliphatic heterocycles. The van der Waals surface area contributed by atoms with Crippen LogP contribution in [0.25, 0.3) is 0 Å². The van der Waals surface area contributed by atoms with Crippen LogP contribution in [0.3, 0.4) is 0 Å². The minimum absolute atomic E-state index is 0.113. The highest BCUT2D eigenvalue weighted by atomic mass is 35.5. The van der Waals surface area contributed by atoms with Crippen molar-refractivity contribution in [1.82, 2.24) is 9.62 Å². The number of carbonyl (C=O) groups is 1. The van der Waals surface area contributed by atoms with Crippen molar-refractivity contribution in [2.45, 2.75) is 122 Å². The fourth-order valence-electron chi connectivity index (χ4n) is 8.88. The normalized spacial score (nSPS) is 23.9. The molecule has 0 bridgehead atoms. The van der Waals surface area contributed by atoms with Crippen LogP contribution < -0.4 is 20.1 Å². The van der Waals surface area contributed by atoms with Gasteiger partial charge in [0, 0.05) is 60.6 Å². The lowest BCUT2D eigenvalue weighted by Gasteiger charge is -2.51. The molecule has 5 rings (SSSR count). The molecule has 1 amide bonds. The van der Waals surface area contributed by atoms with Crippen LogP contribution in [0.4, 0.5) is 5.69 Å². The standard InChI is InChI=1S/C43H65ClN4O4S/c1-6-9-21-43(52-8-3,22-20-37-13-10-11-24-47(37)25-23-45)39-18-14-34(39)28-48-29-35(38-17-16-36(44)26-32(38)12-7-2)30-51-41-19-15-33(27-40(41)48)42(49)46-53(50)31(4)5/h9,15-17,19,21,26-27,31,34-35,37,39H,6-8,10-14,18,20,22-25,28-30,45H2,1-5H3,(H,46,49)/b21-9+/t34?,35?,37?,39?,43-,53?/m1/s1. The van der Waals surface area contributed by atoms with E-state index in [1.807, 2.05) is 32.0 Å². The predicted molar refractivity (Wildman–Crippen MR) is 221 cm³/mol. The van der Waals surface area contributed by atoms with Crippen LogP contribution >= 0.6 is 11.6 Å². The average Bonchev–Trinajstić information content (AvgIpc) is 3.31. The van der Waals surface area contributed by atoms with Crippen LogP contribution in [0, 0.1) is 11.8 Å². The number of allylic oxidation sites excluding steroid dienone is 1. The molecule has 1 saturated heterocycles. The van der Waals surface area contributed by atoms with E-state index in [2.05, 4.69) is 59.6 Å². The summed E-state index contributed by atoms with van der Waals surface area (Å²) in [5.74, 6) is 1.31. The summed E-state index contributed by atoms with van der Waals surface area (Å²) >= 11 is 6.52. The first-order valence-corrected chi connectivity index (χ1v) is 22.0. The SMILES string of the molecule is CC/C=C/[C@](CCC1CCCCN1CCN)(OCC)C1CCC1CN1CC(c2ccc(Cl)cc2CCC)COc2ccc(C(=O)NS(=O)C(C)C)cc21. The second-order valence-electron chi connectivity index (χ2n) is 15.6. The number of likely N-dealkylation sites (tertiary alicyclic amines) is 1. The molecule has 6 atom stereocenters. The number of anilines is 1. The lowest BCUT2D eigenvalue weighted by Crippen LogP contribution is -2.52. The molecule has 2 heterocycles. The van der Waals surface area contributed by atoms with Gasteiger partial charge in [0.25, 0.3) is 5.91 Å². The third kappa shape index (κ3) is 10.5. The Morgan fingerprint density at radius 2 is 1.98 bits per heavy atom. The minimum atomic E-state index is -1.47. The lowest BCUT2D eigenvalue weighted by molar-refractivity contribution is -0.103. The summed E-state index contributed by atoms with van der Waals surface area (Å²) in [5.41, 5.74) is 9.65. The first-order valence-electron chi connectivity index (χ1n) is 20.4. The van der Waals surface area contributed by atoms with Gasteiger partial charge in [-0.3, -0.25) is 14.4 Å². The molecule has 3 aliphatic rings. The molecule has 0 spiro atoms. The van der Waals surface area contributed by atoms with Gasteiger partial charge in [0.2, 0.25) is 0 Å². The maximum absolute atomic E-state index is 13.4. The quantitative estimate of drug-likeness (QED) is 0.147. The first kappa shape index (κ1) is 41.7. The van der Waals surface area contributed by atoms with Gasteiger partial charge in [0.05, 0.1) is 17.9 Å². The van der Waals surface area contributed by atoms with Crippen molar-refractivity contribution in [1.29, 1.82) is 0 Å². The molecule has 3 N–H and O–H groups in total. The van der Waals surface area contributed by atoms with Crippen molar-refractivity contribution in [3.05, 3.63) is 70.3 Å². The van der Waals surface area contributed by atoms with Gasteiger partial charge in [0.1, 0.15) is 16.7 Å². The highest BCUT2D eigenvalue weighted by Crippen LogP contribution is 2.49. The van der Waals surface area contributed by atoms with Crippen LogP contribution in [0.1, 0.15) is 120 Å². The van der Waals surface area contributed by atoms with Crippen LogP contribution in [-0.4, -0.2) is 77.8 Å². The Hall–Kier alpha value is -2.43. The Labute approximate surface area is 327 Å². The van der Waals surface area contributed by atoms with Crippen molar-refractivity contribution >= 4 is 34.2 Å². The summed E-state index contributed by atoms with van der Waals surface area (Å²) in [4.78, 5) is 18.5. The Kier molecular flexibility index (Phi) is 15.7. The van der Waals surface area contributed by atoms with Gasteiger partial charge in [-0.15, -0.1) is 0 Å². The van der Waals surface area contributed by atoms with Crippen molar-refractivity contribution in [2.24, 2.45) is 17.6 Å². The van der Waals surface area contributed by atoms with Crippen molar-refractivity contribution in [3.63, 3.8) is 0 Å². The number of nitrogens with two attached hydrogens (primary N) is 1. The molecule has 2 fully saturated rings. The van der Waals surface area contributed by atoms with Crippen molar-refractivity contribution in [2.75, 3.05) is 50.8 Å². The Morgan fingerprint density at radius 3 is 2.68 bits per heavy atom. The topological polar surface area (TPSA) is 97.1 Å². The largest absolute Gasteiger partial charge is 0.491 e. The van der Waals surface area contributed by atoms with Gasteiger partial charge in [-0.2, -0.15) is 0 Å². The van der Waals surface area contributed by atoms with Crippen LogP contribution in [0.2, 0.25) is 5.02 Å². The Morgan fingerprint density at radius 1 is 1.15 bits per heavy atom. The smallest absolute Gasteiger partial charge is 0.263 e. The van der Waals surface area contributed by atoms with E-state index in [4.69, 9.17) is 26.8 Å². The zero-order valence-electron chi connectivity index (χ0n) is 32.9. The van der Waals surface area contributed by atoms with E-state index in [0.717, 1.165) is 87.6 Å². The molecular weight excluding hydrogens is 704 g/mol. The number of hydrogen-bond donors (Lipinski definition) is 2. The number of hydrogen-bond acceptors (Lipinski definition) is 7. The molecular formula is C43H65ClN4O4S. The molecule has 2 aromatic carbocycles. The minimum Gasteiger partial charge on any atom is -0.491 e. The number of ether oxygens (including phenoxy) is 2. The van der Waals surface area contributed by atoms with Crippen LogP contribution in [-0.2, 0) is 22.1 Å². The van der Waals surface area contributed by atoms with Gasteiger partial charge in [0.15, 0.2) is 0 Å². The predicted octanol–water partition coefficient (Wildman–Crippen LogP) is 8.44. The number of halogens is 1. The molecule has 53 heavy (non-hydrogen) atoms. The van der Waals surface area contributed by atoms with Crippen molar-refractivity contribution < 1.29 is 18.5 Å². The number of nitrogens with one attached hydrogen (secondary N) is 1. The second-order valence-corrected chi connectivity index (χ2v) is 17.8. The van der Waals surface area contributed by atoms with E-state index in [-0.39, 0.29) is 22.7 Å². The number of fused-ring (bicyclic) bond motifs is 1. The number of nitrogens with zero attached hydrogens (tertiary/aromatic N) is 2. The van der Waals surface area contributed by atoms with Gasteiger partial charge in [-0.05, 0) is 132 Å². The van der Waals surface area contributed by atoms with Gasteiger partial charge >= 0.3 is 0 Å². The number of rotatable bonds is 18. The maximum Gasteiger partial charge on any atom is 0.263 e. The number of aryl methyl sites for hydroxylation is 1. The molecule has 1 aliphatic carbocycles. The number of amides is 1. The van der Waals surface area contributed by atoms with E-state index in [1.165, 1.54) is 30.4 Å². The Balaban J connectivity index is 1.48. The molecule has 8 nitrogen and oxygen atoms in total. The fourth-order valence-corrected chi connectivity index (χ4v) is 9.61. The van der Waals surface area contributed by atoms with Crippen LogP contribution in [0.15, 0.2) is 48.6 Å². The summed E-state index contributed by atoms with van der Waals surface area (Å²) in [5, 5.41) is 0.576. The zero-order chi connectivity index (χ0) is 38.0. The zero-order valence-corrected chi connectivity index (χ0v) is 34.5. The molecule has 294 valence electrons. The molecule has 0 aromatic heterocycles. The number of carbonyl (C=O) groups excluding carboxylic acids is 1. The summed E-state index contributed by atoms with van der Waals surface area (Å²) in [7, 11) is -1.47. The molecule has 2 aromatic rings. The highest BCUT2D eigenvalue weighted by Gasteiger charge is 2.48. The van der Waals surface area contributed by atoms with E-state index in [0.29, 0.717) is 43.2 Å². The monoisotopic (exact) mass is 768 g/mol. The van der Waals surface area contributed by atoms with Crippen molar-refractivity contribution in [3.8, 4) is 5.75 Å². The maximum atomic E-state index is 13.4. The average molecular weight is 770 g/mol. The lowest BCUT2D eigenvalue weighted by atomic mass is 9.62. The molecule has 0 radical (unpaired) electrons. The van der Waals surface area contributed by atoms with E-state index >= 15 is 0 Å². The summed E-state index contributed by atoms with van der Waals surface area (Å²) < 4.78 is 28.8. The Bertz CT molecular complexity index is 1550. The molecule has 10 heteroatoms. The van der Waals surface area contributed by atoms with Gasteiger partial charge in [-0.25, -0.2) is 4.21 Å². The first-order chi connectivity index (χ1) is 25.6. The molecule has 5 unspecified atom stereocenters. The molecule has 1 saturated carbocycles. The van der Waals surface area contributed by atoms with E-state index in [1.54, 1.807) is 6.07 Å². The summed E-state index contributed by atoms with van der Waals surface area (Å²) in [6, 6.07) is 12.5. The third-order valence-electron chi connectivity index (χ3n) is 11.7. The van der Waals surface area contributed by atoms with E-state index < -0.39 is 11.0 Å². The number of benzene rings is 2. The third-order valence-corrected chi connectivity index (χ3v) is 13.2. The second kappa shape index (κ2) is 19.9. The van der Waals surface area contributed by atoms with Gasteiger partial charge in [-0.1, -0.05) is 56.5 Å². The fraction of sp³-hybridized carbons (Fsp3) is 0.651. The van der Waals surface area contributed by atoms with Gasteiger partial charge < -0.3 is 20.1 Å². The van der Waals surface area contributed by atoms with Crippen LogP contribution in [0.5, 0.6) is 5.75 Å². The highest BCUT2D eigenvalue weighted by molar-refractivity contribution is 7.84.